The number of aryl methyl sites for hydroxylation is 1. The van der Waals surface area contributed by atoms with Crippen LogP contribution in [0.1, 0.15) is 17.7 Å². The summed E-state index contributed by atoms with van der Waals surface area (Å²) in [5.41, 5.74) is 10.1. The topological polar surface area (TPSA) is 88.5 Å². The predicted octanol–water partition coefficient (Wildman–Crippen LogP) is 0.455. The van der Waals surface area contributed by atoms with Crippen molar-refractivity contribution in [1.29, 1.82) is 0 Å². The van der Waals surface area contributed by atoms with E-state index >= 15 is 0 Å². The van der Waals surface area contributed by atoms with E-state index in [-0.39, 0.29) is 5.91 Å². The van der Waals surface area contributed by atoms with Crippen molar-refractivity contribution in [3.63, 3.8) is 0 Å². The SMILES string of the molecule is CNCC(=O)N1CC=C(c2cc(C)c3c(N)ncnn23)CC1. The number of nitrogen functional groups attached to an aromatic ring is 1. The Morgan fingerprint density at radius 3 is 3.00 bits per heavy atom. The van der Waals surface area contributed by atoms with E-state index in [1.165, 1.54) is 11.9 Å². The molecule has 116 valence electrons. The number of aromatic nitrogens is 3. The summed E-state index contributed by atoms with van der Waals surface area (Å²) >= 11 is 0. The molecule has 0 radical (unpaired) electrons. The highest BCUT2D eigenvalue weighted by Crippen LogP contribution is 2.27. The number of nitrogens with two attached hydrogens (primary N) is 1. The minimum atomic E-state index is 0.126. The Balaban J connectivity index is 1.90. The second-order valence-corrected chi connectivity index (χ2v) is 5.47. The van der Waals surface area contributed by atoms with E-state index in [4.69, 9.17) is 5.73 Å². The first-order valence-corrected chi connectivity index (χ1v) is 7.32. The summed E-state index contributed by atoms with van der Waals surface area (Å²) in [5.74, 6) is 0.613. The lowest BCUT2D eigenvalue weighted by Crippen LogP contribution is -2.39. The molecule has 7 nitrogen and oxygen atoms in total. The molecule has 0 saturated carbocycles. The van der Waals surface area contributed by atoms with Crippen LogP contribution in [0, 0.1) is 6.92 Å². The molecule has 0 aromatic carbocycles. The van der Waals surface area contributed by atoms with Gasteiger partial charge in [-0.1, -0.05) is 6.08 Å². The number of likely N-dealkylation sites (N-methyl/N-ethyl adjacent to an activating group) is 1. The molecule has 0 bridgehead atoms. The molecular formula is C15H20N6O. The highest BCUT2D eigenvalue weighted by molar-refractivity contribution is 5.81. The number of fused-ring (bicyclic) bond motifs is 1. The highest BCUT2D eigenvalue weighted by atomic mass is 16.2. The number of amides is 1. The molecule has 0 saturated heterocycles. The number of nitrogens with zero attached hydrogens (tertiary/aromatic N) is 4. The maximum Gasteiger partial charge on any atom is 0.236 e. The van der Waals surface area contributed by atoms with E-state index in [9.17, 15) is 4.79 Å². The number of anilines is 1. The van der Waals surface area contributed by atoms with Gasteiger partial charge in [0.2, 0.25) is 5.91 Å². The molecule has 0 aliphatic carbocycles. The number of hydrogen-bond acceptors (Lipinski definition) is 5. The van der Waals surface area contributed by atoms with Gasteiger partial charge in [-0.3, -0.25) is 4.79 Å². The normalized spacial score (nSPS) is 15.2. The Morgan fingerprint density at radius 1 is 1.50 bits per heavy atom. The lowest BCUT2D eigenvalue weighted by molar-refractivity contribution is -0.129. The highest BCUT2D eigenvalue weighted by Gasteiger charge is 2.20. The third kappa shape index (κ3) is 2.43. The van der Waals surface area contributed by atoms with Crippen molar-refractivity contribution in [3.8, 4) is 0 Å². The minimum absolute atomic E-state index is 0.126. The van der Waals surface area contributed by atoms with Crippen molar-refractivity contribution in [3.05, 3.63) is 29.7 Å². The van der Waals surface area contributed by atoms with Crippen LogP contribution in [0.3, 0.4) is 0 Å². The molecule has 7 heteroatoms. The van der Waals surface area contributed by atoms with Crippen LogP contribution in [0.5, 0.6) is 0 Å². The molecule has 2 aromatic heterocycles. The van der Waals surface area contributed by atoms with Crippen LogP contribution < -0.4 is 11.1 Å². The third-order valence-electron chi connectivity index (χ3n) is 3.99. The van der Waals surface area contributed by atoms with Crippen LogP contribution in [0.4, 0.5) is 5.82 Å². The first kappa shape index (κ1) is 14.5. The average molecular weight is 300 g/mol. The fraction of sp³-hybridized carbons (Fsp3) is 0.400. The maximum atomic E-state index is 11.9. The smallest absolute Gasteiger partial charge is 0.236 e. The number of carbonyl (C=O) groups excluding carboxylic acids is 1. The lowest BCUT2D eigenvalue weighted by Gasteiger charge is -2.26. The van der Waals surface area contributed by atoms with Gasteiger partial charge in [0, 0.05) is 13.1 Å². The van der Waals surface area contributed by atoms with Crippen LogP contribution in [0.25, 0.3) is 11.1 Å². The van der Waals surface area contributed by atoms with E-state index in [2.05, 4.69) is 27.5 Å². The van der Waals surface area contributed by atoms with E-state index in [1.807, 2.05) is 16.3 Å². The van der Waals surface area contributed by atoms with Crippen LogP contribution in [-0.2, 0) is 4.79 Å². The Bertz CT molecular complexity index is 748. The largest absolute Gasteiger partial charge is 0.382 e. The summed E-state index contributed by atoms with van der Waals surface area (Å²) in [6.07, 6.45) is 4.37. The van der Waals surface area contributed by atoms with E-state index in [1.54, 1.807) is 7.05 Å². The fourth-order valence-corrected chi connectivity index (χ4v) is 2.87. The predicted molar refractivity (Wildman–Crippen MR) is 85.2 cm³/mol. The van der Waals surface area contributed by atoms with Crippen molar-refractivity contribution in [2.75, 3.05) is 32.4 Å². The third-order valence-corrected chi connectivity index (χ3v) is 3.99. The van der Waals surface area contributed by atoms with Gasteiger partial charge in [0.25, 0.3) is 0 Å². The van der Waals surface area contributed by atoms with Crippen LogP contribution in [-0.4, -0.2) is 52.1 Å². The quantitative estimate of drug-likeness (QED) is 0.859. The maximum absolute atomic E-state index is 11.9. The molecular weight excluding hydrogens is 280 g/mol. The van der Waals surface area contributed by atoms with Gasteiger partial charge in [-0.15, -0.1) is 0 Å². The standard InChI is InChI=1S/C15H20N6O/c1-10-7-12(21-14(10)15(16)18-9-19-21)11-3-5-20(6-4-11)13(22)8-17-2/h3,7,9,17H,4-6,8H2,1-2H3,(H2,16,18,19). The summed E-state index contributed by atoms with van der Waals surface area (Å²) in [5, 5.41) is 7.21. The zero-order chi connectivity index (χ0) is 15.7. The average Bonchev–Trinajstić information content (AvgIpc) is 2.86. The molecule has 3 heterocycles. The van der Waals surface area contributed by atoms with E-state index in [0.29, 0.717) is 18.9 Å². The molecule has 0 spiro atoms. The van der Waals surface area contributed by atoms with Crippen LogP contribution in [0.2, 0.25) is 0 Å². The first-order chi connectivity index (χ1) is 10.6. The van der Waals surface area contributed by atoms with Gasteiger partial charge in [-0.2, -0.15) is 5.10 Å². The number of carbonyl (C=O) groups is 1. The van der Waals surface area contributed by atoms with Gasteiger partial charge in [0.05, 0.1) is 12.2 Å². The summed E-state index contributed by atoms with van der Waals surface area (Å²) in [7, 11) is 1.78. The second-order valence-electron chi connectivity index (χ2n) is 5.47. The molecule has 22 heavy (non-hydrogen) atoms. The Morgan fingerprint density at radius 2 is 2.32 bits per heavy atom. The van der Waals surface area contributed by atoms with Gasteiger partial charge in [0.1, 0.15) is 11.8 Å². The van der Waals surface area contributed by atoms with Crippen LogP contribution >= 0.6 is 0 Å². The molecule has 0 unspecified atom stereocenters. The van der Waals surface area contributed by atoms with Crippen molar-refractivity contribution >= 4 is 22.8 Å². The summed E-state index contributed by atoms with van der Waals surface area (Å²) in [6, 6.07) is 2.08. The lowest BCUT2D eigenvalue weighted by atomic mass is 10.0. The first-order valence-electron chi connectivity index (χ1n) is 7.32. The zero-order valence-electron chi connectivity index (χ0n) is 12.8. The van der Waals surface area contributed by atoms with E-state index < -0.39 is 0 Å². The van der Waals surface area contributed by atoms with Gasteiger partial charge < -0.3 is 16.0 Å². The Kier molecular flexibility index (Phi) is 3.81. The molecule has 1 aliphatic rings. The van der Waals surface area contributed by atoms with Crippen molar-refractivity contribution in [1.82, 2.24) is 24.8 Å². The van der Waals surface area contributed by atoms with Crippen molar-refractivity contribution in [2.24, 2.45) is 0 Å². The molecule has 1 amide bonds. The second kappa shape index (κ2) is 5.76. The summed E-state index contributed by atoms with van der Waals surface area (Å²) in [6.45, 7) is 3.73. The van der Waals surface area contributed by atoms with Crippen LogP contribution in [0.15, 0.2) is 18.5 Å². The molecule has 3 rings (SSSR count). The Labute approximate surface area is 128 Å². The molecule has 0 fully saturated rings. The molecule has 3 N–H and O–H groups in total. The monoisotopic (exact) mass is 300 g/mol. The number of hydrogen-bond donors (Lipinski definition) is 2. The molecule has 2 aromatic rings. The number of nitrogens with one attached hydrogen (secondary N) is 1. The van der Waals surface area contributed by atoms with E-state index in [0.717, 1.165) is 29.7 Å². The van der Waals surface area contributed by atoms with Gasteiger partial charge in [-0.25, -0.2) is 9.50 Å². The van der Waals surface area contributed by atoms with Gasteiger partial charge >= 0.3 is 0 Å². The molecule has 1 aliphatic heterocycles. The zero-order valence-corrected chi connectivity index (χ0v) is 12.8. The molecule has 0 atom stereocenters. The summed E-state index contributed by atoms with van der Waals surface area (Å²) in [4.78, 5) is 17.8. The van der Waals surface area contributed by atoms with Gasteiger partial charge in [-0.05, 0) is 37.6 Å². The number of rotatable bonds is 3. The summed E-state index contributed by atoms with van der Waals surface area (Å²) < 4.78 is 1.84. The minimum Gasteiger partial charge on any atom is -0.382 e. The van der Waals surface area contributed by atoms with Crippen molar-refractivity contribution < 1.29 is 4.79 Å². The fourth-order valence-electron chi connectivity index (χ4n) is 2.87. The van der Waals surface area contributed by atoms with Crippen molar-refractivity contribution in [2.45, 2.75) is 13.3 Å². The Hall–Kier alpha value is -2.41. The van der Waals surface area contributed by atoms with Gasteiger partial charge in [0.15, 0.2) is 5.82 Å².